The van der Waals surface area contributed by atoms with E-state index in [0.29, 0.717) is 0 Å². The third-order valence-corrected chi connectivity index (χ3v) is 6.24. The molecule has 0 fully saturated rings. The Balaban J connectivity index is 1.49. The van der Waals surface area contributed by atoms with E-state index < -0.39 is 0 Å². The Bertz CT molecular complexity index is 1610. The largest absolute Gasteiger partial charge is 0.237 e. The highest BCUT2D eigenvalue weighted by Gasteiger charge is 2.11. The van der Waals surface area contributed by atoms with E-state index in [0.717, 1.165) is 33.1 Å². The van der Waals surface area contributed by atoms with Crippen LogP contribution in [-0.2, 0) is 0 Å². The Labute approximate surface area is 197 Å². The lowest BCUT2D eigenvalue weighted by atomic mass is 9.91. The van der Waals surface area contributed by atoms with E-state index in [4.69, 9.17) is 11.6 Å². The molecule has 1 aromatic heterocycles. The summed E-state index contributed by atoms with van der Waals surface area (Å²) in [4.78, 5) is 8.68. The standard InChI is InChI=1S/C30H19ClN2/c31-25-17-23(20-10-12-21(13-11-20)30-32-14-5-15-33-30)16-24(18-25)29-19-22-6-1-2-7-26(22)27-8-3-4-9-28(27)29/h1-19H. The molecule has 0 radical (unpaired) electrons. The van der Waals surface area contributed by atoms with Gasteiger partial charge in [-0.05, 0) is 74.1 Å². The van der Waals surface area contributed by atoms with Crippen molar-refractivity contribution >= 4 is 33.1 Å². The number of hydrogen-bond acceptors (Lipinski definition) is 2. The second-order valence-corrected chi connectivity index (χ2v) is 8.51. The van der Waals surface area contributed by atoms with E-state index in [9.17, 15) is 0 Å². The van der Waals surface area contributed by atoms with Gasteiger partial charge in [0, 0.05) is 23.0 Å². The number of rotatable bonds is 3. The van der Waals surface area contributed by atoms with Crippen molar-refractivity contribution < 1.29 is 0 Å². The Hall–Kier alpha value is -4.01. The van der Waals surface area contributed by atoms with E-state index in [-0.39, 0.29) is 0 Å². The van der Waals surface area contributed by atoms with Gasteiger partial charge in [-0.3, -0.25) is 0 Å². The summed E-state index contributed by atoms with van der Waals surface area (Å²) in [5, 5.41) is 5.67. The van der Waals surface area contributed by atoms with Gasteiger partial charge in [-0.1, -0.05) is 84.4 Å². The van der Waals surface area contributed by atoms with Gasteiger partial charge in [0.1, 0.15) is 0 Å². The molecule has 0 saturated heterocycles. The predicted octanol–water partition coefficient (Wildman–Crippen LogP) is 8.44. The molecule has 2 nitrogen and oxygen atoms in total. The van der Waals surface area contributed by atoms with Gasteiger partial charge in [0.05, 0.1) is 0 Å². The molecule has 1 heterocycles. The summed E-state index contributed by atoms with van der Waals surface area (Å²) in [6.07, 6.45) is 3.51. The SMILES string of the molecule is Clc1cc(-c2ccc(-c3ncccn3)cc2)cc(-c2cc3ccccc3c3ccccc23)c1. The molecule has 156 valence electrons. The maximum Gasteiger partial charge on any atom is 0.159 e. The Morgan fingerprint density at radius 1 is 0.485 bits per heavy atom. The molecule has 0 amide bonds. The molecule has 0 aliphatic carbocycles. The van der Waals surface area contributed by atoms with Crippen molar-refractivity contribution in [1.29, 1.82) is 0 Å². The molecule has 0 aliphatic heterocycles. The summed E-state index contributed by atoms with van der Waals surface area (Å²) < 4.78 is 0. The third-order valence-electron chi connectivity index (χ3n) is 6.02. The molecule has 0 atom stereocenters. The second-order valence-electron chi connectivity index (χ2n) is 8.07. The van der Waals surface area contributed by atoms with Crippen LogP contribution in [0.1, 0.15) is 0 Å². The van der Waals surface area contributed by atoms with Gasteiger partial charge in [-0.15, -0.1) is 0 Å². The highest BCUT2D eigenvalue weighted by atomic mass is 35.5. The molecule has 0 saturated carbocycles. The average molecular weight is 443 g/mol. The quantitative estimate of drug-likeness (QED) is 0.257. The predicted molar refractivity (Wildman–Crippen MR) is 138 cm³/mol. The summed E-state index contributed by atoms with van der Waals surface area (Å²) in [7, 11) is 0. The van der Waals surface area contributed by atoms with Gasteiger partial charge in [0.15, 0.2) is 5.82 Å². The van der Waals surface area contributed by atoms with Gasteiger partial charge < -0.3 is 0 Å². The van der Waals surface area contributed by atoms with Crippen molar-refractivity contribution in [3.05, 3.63) is 121 Å². The molecule has 6 aromatic rings. The minimum atomic E-state index is 0.718. The fraction of sp³-hybridized carbons (Fsp3) is 0. The lowest BCUT2D eigenvalue weighted by Gasteiger charge is -2.13. The lowest BCUT2D eigenvalue weighted by molar-refractivity contribution is 1.18. The maximum atomic E-state index is 6.63. The van der Waals surface area contributed by atoms with E-state index in [1.165, 1.54) is 27.1 Å². The van der Waals surface area contributed by atoms with Crippen LogP contribution in [0.4, 0.5) is 0 Å². The van der Waals surface area contributed by atoms with Crippen LogP contribution < -0.4 is 0 Å². The molecule has 0 aliphatic rings. The van der Waals surface area contributed by atoms with E-state index in [1.807, 2.05) is 18.2 Å². The van der Waals surface area contributed by atoms with Crippen molar-refractivity contribution in [2.45, 2.75) is 0 Å². The Kier molecular flexibility index (Phi) is 4.86. The zero-order valence-electron chi connectivity index (χ0n) is 17.7. The minimum absolute atomic E-state index is 0.718. The molecule has 0 unspecified atom stereocenters. The van der Waals surface area contributed by atoms with Crippen LogP contribution in [0.5, 0.6) is 0 Å². The summed E-state index contributed by atoms with van der Waals surface area (Å²) in [6.45, 7) is 0. The number of aromatic nitrogens is 2. The highest BCUT2D eigenvalue weighted by Crippen LogP contribution is 2.38. The first-order chi connectivity index (χ1) is 16.3. The average Bonchev–Trinajstić information content (AvgIpc) is 2.88. The first kappa shape index (κ1) is 19.7. The van der Waals surface area contributed by atoms with E-state index in [2.05, 4.69) is 94.9 Å². The summed E-state index contributed by atoms with van der Waals surface area (Å²) in [5.41, 5.74) is 5.46. The molecule has 5 aromatic carbocycles. The smallest absolute Gasteiger partial charge is 0.159 e. The van der Waals surface area contributed by atoms with Gasteiger partial charge in [0.25, 0.3) is 0 Å². The molecule has 0 N–H and O–H groups in total. The first-order valence-corrected chi connectivity index (χ1v) is 11.2. The lowest BCUT2D eigenvalue weighted by Crippen LogP contribution is -1.88. The molecule has 0 bridgehead atoms. The number of nitrogens with zero attached hydrogens (tertiary/aromatic N) is 2. The normalized spacial score (nSPS) is 11.2. The Morgan fingerprint density at radius 3 is 1.91 bits per heavy atom. The molecule has 0 spiro atoms. The first-order valence-electron chi connectivity index (χ1n) is 10.9. The number of fused-ring (bicyclic) bond motifs is 3. The fourth-order valence-electron chi connectivity index (χ4n) is 4.46. The van der Waals surface area contributed by atoms with E-state index >= 15 is 0 Å². The number of halogens is 1. The summed E-state index contributed by atoms with van der Waals surface area (Å²) >= 11 is 6.63. The fourth-order valence-corrected chi connectivity index (χ4v) is 4.70. The second kappa shape index (κ2) is 8.16. The van der Waals surface area contributed by atoms with E-state index in [1.54, 1.807) is 12.4 Å². The summed E-state index contributed by atoms with van der Waals surface area (Å²) in [5.74, 6) is 0.721. The maximum absolute atomic E-state index is 6.63. The number of hydrogen-bond donors (Lipinski definition) is 0. The van der Waals surface area contributed by atoms with Gasteiger partial charge in [0.2, 0.25) is 0 Å². The van der Waals surface area contributed by atoms with Crippen molar-refractivity contribution in [3.8, 4) is 33.6 Å². The van der Waals surface area contributed by atoms with Crippen LogP contribution >= 0.6 is 11.6 Å². The molecule has 33 heavy (non-hydrogen) atoms. The van der Waals surface area contributed by atoms with Crippen LogP contribution in [0.25, 0.3) is 55.2 Å². The van der Waals surface area contributed by atoms with Crippen LogP contribution in [0.3, 0.4) is 0 Å². The van der Waals surface area contributed by atoms with Crippen LogP contribution in [-0.4, -0.2) is 9.97 Å². The van der Waals surface area contributed by atoms with Crippen LogP contribution in [0.15, 0.2) is 116 Å². The molecular formula is C30H19ClN2. The third kappa shape index (κ3) is 3.65. The Morgan fingerprint density at radius 2 is 1.12 bits per heavy atom. The molecule has 3 heteroatoms. The van der Waals surface area contributed by atoms with Gasteiger partial charge in [-0.25, -0.2) is 9.97 Å². The highest BCUT2D eigenvalue weighted by molar-refractivity contribution is 6.31. The van der Waals surface area contributed by atoms with Crippen molar-refractivity contribution in [2.75, 3.05) is 0 Å². The monoisotopic (exact) mass is 442 g/mol. The van der Waals surface area contributed by atoms with Gasteiger partial charge in [-0.2, -0.15) is 0 Å². The minimum Gasteiger partial charge on any atom is -0.237 e. The van der Waals surface area contributed by atoms with Crippen molar-refractivity contribution in [1.82, 2.24) is 9.97 Å². The zero-order chi connectivity index (χ0) is 22.2. The van der Waals surface area contributed by atoms with Crippen molar-refractivity contribution in [3.63, 3.8) is 0 Å². The van der Waals surface area contributed by atoms with Crippen molar-refractivity contribution in [2.24, 2.45) is 0 Å². The molecular weight excluding hydrogens is 424 g/mol. The topological polar surface area (TPSA) is 25.8 Å². The van der Waals surface area contributed by atoms with Crippen LogP contribution in [0.2, 0.25) is 5.02 Å². The van der Waals surface area contributed by atoms with Crippen LogP contribution in [0, 0.1) is 0 Å². The number of benzene rings is 5. The summed E-state index contributed by atoms with van der Waals surface area (Å²) in [6, 6.07) is 35.8. The zero-order valence-corrected chi connectivity index (χ0v) is 18.5. The van der Waals surface area contributed by atoms with Gasteiger partial charge >= 0.3 is 0 Å². The molecule has 6 rings (SSSR count).